The Balaban J connectivity index is 2.67. The van der Waals surface area contributed by atoms with Crippen LogP contribution in [0.3, 0.4) is 0 Å². The summed E-state index contributed by atoms with van der Waals surface area (Å²) in [6.45, 7) is 2.21. The second-order valence-corrected chi connectivity index (χ2v) is 3.90. The van der Waals surface area contributed by atoms with Crippen molar-refractivity contribution < 1.29 is 4.74 Å². The topological polar surface area (TPSA) is 22.1 Å². The highest BCUT2D eigenvalue weighted by atomic mass is 32.2. The van der Waals surface area contributed by atoms with E-state index in [9.17, 15) is 0 Å². The maximum atomic E-state index is 4.99. The molecule has 0 amide bonds. The molecule has 0 bridgehead atoms. The van der Waals surface area contributed by atoms with E-state index in [0.29, 0.717) is 11.8 Å². The van der Waals surface area contributed by atoms with Gasteiger partial charge in [-0.2, -0.15) is 11.8 Å². The van der Waals surface area contributed by atoms with Crippen molar-refractivity contribution in [2.45, 2.75) is 12.8 Å². The number of aromatic nitrogens is 1. The van der Waals surface area contributed by atoms with Crippen molar-refractivity contribution in [2.24, 2.45) is 0 Å². The van der Waals surface area contributed by atoms with Crippen molar-refractivity contribution in [3.63, 3.8) is 0 Å². The van der Waals surface area contributed by atoms with Crippen LogP contribution in [0.1, 0.15) is 18.4 Å². The molecule has 0 spiro atoms. The molecule has 0 aliphatic carbocycles. The second-order valence-electron chi connectivity index (χ2n) is 2.99. The first-order valence-corrected chi connectivity index (χ1v) is 5.66. The van der Waals surface area contributed by atoms with E-state index in [0.717, 1.165) is 5.75 Å². The molecule has 0 N–H and O–H groups in total. The zero-order valence-electron chi connectivity index (χ0n) is 8.28. The summed E-state index contributed by atoms with van der Waals surface area (Å²) in [6.07, 6.45) is 4.01. The van der Waals surface area contributed by atoms with Crippen LogP contribution in [0.4, 0.5) is 0 Å². The monoisotopic (exact) mass is 197 g/mol. The minimum Gasteiger partial charge on any atom is -0.481 e. The van der Waals surface area contributed by atoms with Gasteiger partial charge in [0.2, 0.25) is 5.88 Å². The van der Waals surface area contributed by atoms with Crippen molar-refractivity contribution in [1.29, 1.82) is 0 Å². The number of hydrogen-bond acceptors (Lipinski definition) is 3. The molecule has 13 heavy (non-hydrogen) atoms. The third-order valence-electron chi connectivity index (χ3n) is 1.95. The van der Waals surface area contributed by atoms with E-state index < -0.39 is 0 Å². The quantitative estimate of drug-likeness (QED) is 0.740. The van der Waals surface area contributed by atoms with Crippen LogP contribution in [0.25, 0.3) is 0 Å². The molecule has 1 atom stereocenters. The number of thioether (sulfide) groups is 1. The molecule has 2 nitrogen and oxygen atoms in total. The Hall–Kier alpha value is -0.700. The number of nitrogens with zero attached hydrogens (tertiary/aromatic N) is 1. The summed E-state index contributed by atoms with van der Waals surface area (Å²) in [7, 11) is 1.63. The number of hydrogen-bond donors (Lipinski definition) is 0. The summed E-state index contributed by atoms with van der Waals surface area (Å²) in [6, 6.07) is 3.98. The van der Waals surface area contributed by atoms with E-state index in [1.54, 1.807) is 7.11 Å². The van der Waals surface area contributed by atoms with E-state index in [1.807, 2.05) is 24.0 Å². The highest BCUT2D eigenvalue weighted by Crippen LogP contribution is 2.19. The minimum absolute atomic E-state index is 0.563. The fourth-order valence-electron chi connectivity index (χ4n) is 1.15. The number of rotatable bonds is 4. The van der Waals surface area contributed by atoms with Gasteiger partial charge in [0.1, 0.15) is 0 Å². The molecule has 72 valence electrons. The zero-order valence-corrected chi connectivity index (χ0v) is 9.10. The Morgan fingerprint density at radius 3 is 2.77 bits per heavy atom. The van der Waals surface area contributed by atoms with Crippen molar-refractivity contribution >= 4 is 11.8 Å². The maximum absolute atomic E-state index is 4.99. The van der Waals surface area contributed by atoms with Gasteiger partial charge in [-0.1, -0.05) is 13.0 Å². The molecule has 1 aromatic rings. The molecule has 0 aromatic carbocycles. The molecule has 1 heterocycles. The van der Waals surface area contributed by atoms with Gasteiger partial charge in [0.05, 0.1) is 7.11 Å². The molecular weight excluding hydrogens is 182 g/mol. The minimum atomic E-state index is 0.563. The fraction of sp³-hybridized carbons (Fsp3) is 0.500. The summed E-state index contributed by atoms with van der Waals surface area (Å²) in [5, 5.41) is 0. The first kappa shape index (κ1) is 10.4. The van der Waals surface area contributed by atoms with Gasteiger partial charge in [0.15, 0.2) is 0 Å². The normalized spacial score (nSPS) is 12.5. The van der Waals surface area contributed by atoms with Gasteiger partial charge in [-0.3, -0.25) is 0 Å². The second kappa shape index (κ2) is 5.12. The lowest BCUT2D eigenvalue weighted by Crippen LogP contribution is -1.97. The maximum Gasteiger partial charge on any atom is 0.212 e. The molecule has 0 saturated carbocycles. The predicted molar refractivity (Wildman–Crippen MR) is 57.6 cm³/mol. The molecule has 3 heteroatoms. The standard InChI is InChI=1S/C10H15NOS/c1-8(7-13-3)9-4-5-10(12-2)11-6-9/h4-6,8H,7H2,1-3H3. The van der Waals surface area contributed by atoms with E-state index in [-0.39, 0.29) is 0 Å². The average Bonchev–Trinajstić information content (AvgIpc) is 2.18. The molecular formula is C10H15NOS. The number of methoxy groups -OCH3 is 1. The van der Waals surface area contributed by atoms with Gasteiger partial charge in [-0.25, -0.2) is 4.98 Å². The molecule has 1 unspecified atom stereocenters. The van der Waals surface area contributed by atoms with E-state index in [1.165, 1.54) is 5.56 Å². The van der Waals surface area contributed by atoms with Crippen molar-refractivity contribution in [1.82, 2.24) is 4.98 Å². The highest BCUT2D eigenvalue weighted by molar-refractivity contribution is 7.98. The first-order valence-electron chi connectivity index (χ1n) is 4.26. The lowest BCUT2D eigenvalue weighted by atomic mass is 10.1. The summed E-state index contributed by atoms with van der Waals surface area (Å²) in [5.41, 5.74) is 1.27. The van der Waals surface area contributed by atoms with Gasteiger partial charge < -0.3 is 4.74 Å². The van der Waals surface area contributed by atoms with Crippen LogP contribution in [0.5, 0.6) is 5.88 Å². The fourth-order valence-corrected chi connectivity index (χ4v) is 1.84. The van der Waals surface area contributed by atoms with E-state index in [2.05, 4.69) is 24.2 Å². The Kier molecular flexibility index (Phi) is 4.09. The Bertz CT molecular complexity index is 248. The SMILES string of the molecule is COc1ccc(C(C)CSC)cn1. The van der Waals surface area contributed by atoms with Crippen LogP contribution in [-0.4, -0.2) is 24.1 Å². The van der Waals surface area contributed by atoms with Crippen molar-refractivity contribution in [2.75, 3.05) is 19.1 Å². The van der Waals surface area contributed by atoms with Crippen LogP contribution in [0, 0.1) is 0 Å². The van der Waals surface area contributed by atoms with Gasteiger partial charge in [-0.05, 0) is 23.5 Å². The molecule has 1 aromatic heterocycles. The van der Waals surface area contributed by atoms with Crippen LogP contribution >= 0.6 is 11.8 Å². The average molecular weight is 197 g/mol. The van der Waals surface area contributed by atoms with E-state index in [4.69, 9.17) is 4.74 Å². The molecule has 0 radical (unpaired) electrons. The molecule has 0 saturated heterocycles. The Morgan fingerprint density at radius 2 is 2.31 bits per heavy atom. The number of pyridine rings is 1. The predicted octanol–water partition coefficient (Wildman–Crippen LogP) is 2.56. The Morgan fingerprint density at radius 1 is 1.54 bits per heavy atom. The largest absolute Gasteiger partial charge is 0.481 e. The first-order chi connectivity index (χ1) is 6.27. The van der Waals surface area contributed by atoms with Crippen LogP contribution in [0.2, 0.25) is 0 Å². The highest BCUT2D eigenvalue weighted by Gasteiger charge is 2.04. The molecule has 1 rings (SSSR count). The van der Waals surface area contributed by atoms with Gasteiger partial charge in [-0.15, -0.1) is 0 Å². The third-order valence-corrected chi connectivity index (χ3v) is 2.79. The van der Waals surface area contributed by atoms with Crippen molar-refractivity contribution in [3.05, 3.63) is 23.9 Å². The Labute approximate surface area is 83.7 Å². The summed E-state index contributed by atoms with van der Waals surface area (Å²) in [4.78, 5) is 4.17. The lowest BCUT2D eigenvalue weighted by molar-refractivity contribution is 0.397. The summed E-state index contributed by atoms with van der Waals surface area (Å²) in [5.74, 6) is 2.38. The summed E-state index contributed by atoms with van der Waals surface area (Å²) < 4.78 is 4.99. The van der Waals surface area contributed by atoms with Gasteiger partial charge in [0, 0.05) is 12.3 Å². The number of ether oxygens (including phenoxy) is 1. The lowest BCUT2D eigenvalue weighted by Gasteiger charge is -2.09. The zero-order chi connectivity index (χ0) is 9.68. The third kappa shape index (κ3) is 2.92. The van der Waals surface area contributed by atoms with Crippen LogP contribution in [0.15, 0.2) is 18.3 Å². The van der Waals surface area contributed by atoms with E-state index >= 15 is 0 Å². The molecule has 0 aliphatic heterocycles. The van der Waals surface area contributed by atoms with Gasteiger partial charge in [0.25, 0.3) is 0 Å². The van der Waals surface area contributed by atoms with Gasteiger partial charge >= 0.3 is 0 Å². The molecule has 0 aliphatic rings. The summed E-state index contributed by atoms with van der Waals surface area (Å²) >= 11 is 1.86. The molecule has 0 fully saturated rings. The smallest absolute Gasteiger partial charge is 0.212 e. The van der Waals surface area contributed by atoms with Crippen molar-refractivity contribution in [3.8, 4) is 5.88 Å². The van der Waals surface area contributed by atoms with Crippen LogP contribution < -0.4 is 4.74 Å². The van der Waals surface area contributed by atoms with Crippen LogP contribution in [-0.2, 0) is 0 Å².